The molecule has 0 bridgehead atoms. The second kappa shape index (κ2) is 6.99. The summed E-state index contributed by atoms with van der Waals surface area (Å²) in [5.41, 5.74) is -4.28. The van der Waals surface area contributed by atoms with Gasteiger partial charge in [0.1, 0.15) is 0 Å². The Kier molecular flexibility index (Phi) is 4.84. The van der Waals surface area contributed by atoms with Crippen LogP contribution in [0.3, 0.4) is 0 Å². The van der Waals surface area contributed by atoms with Crippen molar-refractivity contribution in [2.24, 2.45) is 0 Å². The summed E-state index contributed by atoms with van der Waals surface area (Å²) in [6, 6.07) is 12.3. The molecule has 146 valence electrons. The number of rotatable bonds is 3. The highest BCUT2D eigenvalue weighted by Gasteiger charge is 2.71. The number of para-hydroxylation sites is 1. The molecule has 0 unspecified atom stereocenters. The van der Waals surface area contributed by atoms with Gasteiger partial charge in [-0.15, -0.1) is 0 Å². The van der Waals surface area contributed by atoms with Gasteiger partial charge in [-0.3, -0.25) is 9.59 Å². The van der Waals surface area contributed by atoms with Gasteiger partial charge in [-0.25, -0.2) is 9.69 Å². The van der Waals surface area contributed by atoms with E-state index in [2.05, 4.69) is 10.1 Å². The third-order valence-electron chi connectivity index (χ3n) is 4.22. The number of hydrogen-bond donors (Lipinski definition) is 1. The van der Waals surface area contributed by atoms with Gasteiger partial charge in [0.25, 0.3) is 11.8 Å². The maximum atomic E-state index is 14.3. The van der Waals surface area contributed by atoms with Gasteiger partial charge in [0.05, 0.1) is 12.2 Å². The molecule has 0 saturated heterocycles. The lowest BCUT2D eigenvalue weighted by Crippen LogP contribution is -2.73. The Bertz CT molecular complexity index is 930. The van der Waals surface area contributed by atoms with E-state index in [4.69, 9.17) is 0 Å². The van der Waals surface area contributed by atoms with E-state index in [0.717, 1.165) is 0 Å². The summed E-state index contributed by atoms with van der Waals surface area (Å²) in [6.07, 6.45) is -5.35. The van der Waals surface area contributed by atoms with Crippen LogP contribution in [-0.4, -0.2) is 41.1 Å². The topological polar surface area (TPSA) is 75.7 Å². The van der Waals surface area contributed by atoms with Crippen molar-refractivity contribution in [3.8, 4) is 0 Å². The van der Waals surface area contributed by atoms with Crippen molar-refractivity contribution in [2.75, 3.05) is 11.9 Å². The molecule has 1 N–H and O–H groups in total. The second-order valence-electron chi connectivity index (χ2n) is 5.91. The number of carbonyl (C=O) groups is 3. The molecule has 0 radical (unpaired) electrons. The van der Waals surface area contributed by atoms with E-state index in [-0.39, 0.29) is 28.3 Å². The molecule has 1 aliphatic rings. The van der Waals surface area contributed by atoms with Gasteiger partial charge >= 0.3 is 17.8 Å². The van der Waals surface area contributed by atoms with Gasteiger partial charge in [0.15, 0.2) is 0 Å². The van der Waals surface area contributed by atoms with E-state index < -0.39 is 29.6 Å². The maximum Gasteiger partial charge on any atom is 0.442 e. The Morgan fingerprint density at radius 1 is 1.07 bits per heavy atom. The molecule has 0 saturated carbocycles. The molecule has 6 nitrogen and oxygen atoms in total. The molecule has 1 aliphatic heterocycles. The molecular formula is C19H15F3N2O4. The number of esters is 1. The number of anilines is 1. The van der Waals surface area contributed by atoms with Crippen molar-refractivity contribution in [1.82, 2.24) is 4.90 Å². The lowest BCUT2D eigenvalue weighted by molar-refractivity contribution is -0.221. The van der Waals surface area contributed by atoms with Crippen molar-refractivity contribution in [2.45, 2.75) is 18.8 Å². The smallest absolute Gasteiger partial charge is 0.442 e. The quantitative estimate of drug-likeness (QED) is 0.641. The van der Waals surface area contributed by atoms with Gasteiger partial charge in [0, 0.05) is 11.3 Å². The molecule has 1 heterocycles. The number of nitrogens with zero attached hydrogens (tertiary/aromatic N) is 1. The largest absolute Gasteiger partial charge is 0.463 e. The first-order valence-corrected chi connectivity index (χ1v) is 8.29. The van der Waals surface area contributed by atoms with Crippen molar-refractivity contribution in [1.29, 1.82) is 0 Å². The summed E-state index contributed by atoms with van der Waals surface area (Å²) in [5, 5.41) is 2.05. The van der Waals surface area contributed by atoms with E-state index in [1.54, 1.807) is 6.07 Å². The van der Waals surface area contributed by atoms with Crippen molar-refractivity contribution >= 4 is 23.5 Å². The zero-order valence-electron chi connectivity index (χ0n) is 14.6. The van der Waals surface area contributed by atoms with E-state index in [1.807, 2.05) is 0 Å². The van der Waals surface area contributed by atoms with Gasteiger partial charge < -0.3 is 10.1 Å². The molecule has 9 heteroatoms. The first-order valence-electron chi connectivity index (χ1n) is 8.29. The standard InChI is InChI=1S/C19H15F3N2O4/c1-2-28-17(27)18(19(20,21)22)23-14-11-7-6-10-13(14)16(26)24(18)15(25)12-8-4-3-5-9-12/h3-11,23H,2H2,1H3/t18-/m0/s1. The second-order valence-corrected chi connectivity index (χ2v) is 5.91. The van der Waals surface area contributed by atoms with Crippen molar-refractivity contribution in [3.05, 3.63) is 65.7 Å². The van der Waals surface area contributed by atoms with Gasteiger partial charge in [-0.1, -0.05) is 30.3 Å². The molecule has 28 heavy (non-hydrogen) atoms. The summed E-state index contributed by atoms with van der Waals surface area (Å²) in [5.74, 6) is -4.33. The van der Waals surface area contributed by atoms with Crippen LogP contribution in [0, 0.1) is 0 Å². The average molecular weight is 392 g/mol. The van der Waals surface area contributed by atoms with Crippen LogP contribution in [0.15, 0.2) is 54.6 Å². The fraction of sp³-hybridized carbons (Fsp3) is 0.211. The van der Waals surface area contributed by atoms with E-state index in [1.165, 1.54) is 55.5 Å². The predicted molar refractivity (Wildman–Crippen MR) is 92.4 cm³/mol. The van der Waals surface area contributed by atoms with Gasteiger partial charge in [-0.2, -0.15) is 13.2 Å². The minimum Gasteiger partial charge on any atom is -0.463 e. The Labute approximate surface area is 157 Å². The fourth-order valence-corrected chi connectivity index (χ4v) is 2.95. The molecule has 0 aliphatic carbocycles. The van der Waals surface area contributed by atoms with E-state index in [0.29, 0.717) is 0 Å². The maximum absolute atomic E-state index is 14.3. The SMILES string of the molecule is CCOC(=O)[C@]1(C(F)(F)F)Nc2ccccc2C(=O)N1C(=O)c1ccccc1. The Hall–Kier alpha value is -3.36. The number of carbonyl (C=O) groups excluding carboxylic acids is 3. The molecule has 0 fully saturated rings. The normalized spacial score (nSPS) is 18.9. The molecule has 2 amide bonds. The van der Waals surface area contributed by atoms with Crippen LogP contribution in [0.5, 0.6) is 0 Å². The number of benzene rings is 2. The van der Waals surface area contributed by atoms with Crippen LogP contribution in [0.25, 0.3) is 0 Å². The number of ether oxygens (including phenoxy) is 1. The Morgan fingerprint density at radius 3 is 2.29 bits per heavy atom. The molecule has 1 atom stereocenters. The van der Waals surface area contributed by atoms with Crippen LogP contribution in [0.4, 0.5) is 18.9 Å². The molecule has 3 rings (SSSR count). The van der Waals surface area contributed by atoms with E-state index >= 15 is 0 Å². The Morgan fingerprint density at radius 2 is 1.68 bits per heavy atom. The average Bonchev–Trinajstić information content (AvgIpc) is 2.67. The minimum absolute atomic E-state index is 0.108. The van der Waals surface area contributed by atoms with Gasteiger partial charge in [0.2, 0.25) is 0 Å². The zero-order chi connectivity index (χ0) is 20.5. The number of halogens is 3. The molecule has 2 aromatic carbocycles. The van der Waals surface area contributed by atoms with Crippen LogP contribution in [0.1, 0.15) is 27.6 Å². The lowest BCUT2D eigenvalue weighted by atomic mass is 9.97. The van der Waals surface area contributed by atoms with Crippen molar-refractivity contribution in [3.63, 3.8) is 0 Å². The highest BCUT2D eigenvalue weighted by Crippen LogP contribution is 2.43. The highest BCUT2D eigenvalue weighted by molar-refractivity contribution is 6.17. The number of hydrogen-bond acceptors (Lipinski definition) is 5. The van der Waals surface area contributed by atoms with E-state index in [9.17, 15) is 27.6 Å². The summed E-state index contributed by atoms with van der Waals surface area (Å²) in [6.45, 7) is 0.950. The van der Waals surface area contributed by atoms with Crippen LogP contribution < -0.4 is 5.32 Å². The van der Waals surface area contributed by atoms with Crippen LogP contribution in [-0.2, 0) is 9.53 Å². The number of nitrogens with one attached hydrogen (secondary N) is 1. The molecule has 0 spiro atoms. The summed E-state index contributed by atoms with van der Waals surface area (Å²) in [4.78, 5) is 38.3. The number of fused-ring (bicyclic) bond motifs is 1. The lowest BCUT2D eigenvalue weighted by Gasteiger charge is -2.45. The van der Waals surface area contributed by atoms with Gasteiger partial charge in [-0.05, 0) is 31.2 Å². The predicted octanol–water partition coefficient (Wildman–Crippen LogP) is 3.22. The first-order chi connectivity index (χ1) is 13.2. The highest BCUT2D eigenvalue weighted by atomic mass is 19.4. The third-order valence-corrected chi connectivity index (χ3v) is 4.22. The molecule has 2 aromatic rings. The minimum atomic E-state index is -5.35. The monoisotopic (exact) mass is 392 g/mol. The fourth-order valence-electron chi connectivity index (χ4n) is 2.95. The molecule has 0 aromatic heterocycles. The number of alkyl halides is 3. The zero-order valence-corrected chi connectivity index (χ0v) is 14.6. The first kappa shape index (κ1) is 19.4. The molecular weight excluding hydrogens is 377 g/mol. The van der Waals surface area contributed by atoms with Crippen molar-refractivity contribution < 1.29 is 32.3 Å². The Balaban J connectivity index is 2.28. The van der Waals surface area contributed by atoms with Crippen LogP contribution in [0.2, 0.25) is 0 Å². The number of amides is 2. The summed E-state index contributed by atoms with van der Waals surface area (Å²) < 4.78 is 47.4. The number of imide groups is 1. The summed E-state index contributed by atoms with van der Waals surface area (Å²) >= 11 is 0. The third kappa shape index (κ3) is 2.88. The van der Waals surface area contributed by atoms with Crippen LogP contribution >= 0.6 is 0 Å². The summed E-state index contributed by atoms with van der Waals surface area (Å²) in [7, 11) is 0.